The third kappa shape index (κ3) is 2.38. The van der Waals surface area contributed by atoms with E-state index < -0.39 is 0 Å². The van der Waals surface area contributed by atoms with Gasteiger partial charge in [-0.15, -0.1) is 0 Å². The first-order chi connectivity index (χ1) is 8.33. The molecule has 0 amide bonds. The number of hydrogen-bond acceptors (Lipinski definition) is 3. The monoisotopic (exact) mass is 234 g/mol. The lowest BCUT2D eigenvalue weighted by Gasteiger charge is -2.36. The molecule has 2 atom stereocenters. The van der Waals surface area contributed by atoms with Crippen LogP contribution >= 0.6 is 0 Å². The highest BCUT2D eigenvalue weighted by Gasteiger charge is 2.37. The molecule has 2 saturated heterocycles. The predicted octanol–water partition coefficient (Wildman–Crippen LogP) is 1.10. The summed E-state index contributed by atoms with van der Waals surface area (Å²) in [5.41, 5.74) is 0. The Bertz CT molecular complexity index is 334. The molecule has 2 aliphatic heterocycles. The van der Waals surface area contributed by atoms with Crippen molar-refractivity contribution >= 4 is 0 Å². The van der Waals surface area contributed by atoms with Crippen molar-refractivity contribution in [2.24, 2.45) is 0 Å². The molecule has 1 aromatic rings. The summed E-state index contributed by atoms with van der Waals surface area (Å²) >= 11 is 0. The highest BCUT2D eigenvalue weighted by atomic mass is 15.2. The molecule has 0 aromatic carbocycles. The molecule has 1 N–H and O–H groups in total. The fourth-order valence-corrected chi connectivity index (χ4v) is 3.39. The zero-order valence-corrected chi connectivity index (χ0v) is 10.5. The smallest absolute Gasteiger partial charge is 0.0946 e. The Morgan fingerprint density at radius 1 is 1.29 bits per heavy atom. The average Bonchev–Trinajstić information content (AvgIpc) is 2.87. The van der Waals surface area contributed by atoms with Gasteiger partial charge >= 0.3 is 0 Å². The maximum absolute atomic E-state index is 4.06. The molecular weight excluding hydrogens is 212 g/mol. The molecule has 2 aliphatic rings. The first kappa shape index (κ1) is 11.2. The SMILES string of the molecule is CN1C2CCC1CC(NCCn1ccnc1)C2. The van der Waals surface area contributed by atoms with Gasteiger partial charge in [0.1, 0.15) is 0 Å². The predicted molar refractivity (Wildman–Crippen MR) is 67.8 cm³/mol. The summed E-state index contributed by atoms with van der Waals surface area (Å²) in [6.07, 6.45) is 11.2. The van der Waals surface area contributed by atoms with Crippen LogP contribution in [0.3, 0.4) is 0 Å². The summed E-state index contributed by atoms with van der Waals surface area (Å²) in [6.45, 7) is 2.09. The van der Waals surface area contributed by atoms with Gasteiger partial charge in [-0.3, -0.25) is 0 Å². The number of rotatable bonds is 4. The average molecular weight is 234 g/mol. The van der Waals surface area contributed by atoms with Gasteiger partial charge in [-0.2, -0.15) is 0 Å². The van der Waals surface area contributed by atoms with Crippen molar-refractivity contribution in [1.82, 2.24) is 19.8 Å². The van der Waals surface area contributed by atoms with Crippen LogP contribution in [0.2, 0.25) is 0 Å². The lowest BCUT2D eigenvalue weighted by Crippen LogP contribution is -2.47. The van der Waals surface area contributed by atoms with Gasteiger partial charge in [-0.05, 0) is 32.7 Å². The van der Waals surface area contributed by atoms with Gasteiger partial charge in [-0.25, -0.2) is 4.98 Å². The molecule has 0 spiro atoms. The van der Waals surface area contributed by atoms with Crippen LogP contribution < -0.4 is 5.32 Å². The van der Waals surface area contributed by atoms with Crippen LogP contribution in [0.1, 0.15) is 25.7 Å². The number of nitrogens with zero attached hydrogens (tertiary/aromatic N) is 3. The second-order valence-corrected chi connectivity index (χ2v) is 5.47. The van der Waals surface area contributed by atoms with E-state index in [2.05, 4.69) is 26.8 Å². The van der Waals surface area contributed by atoms with Crippen molar-refractivity contribution in [2.75, 3.05) is 13.6 Å². The topological polar surface area (TPSA) is 33.1 Å². The molecule has 1 aromatic heterocycles. The van der Waals surface area contributed by atoms with E-state index in [9.17, 15) is 0 Å². The van der Waals surface area contributed by atoms with Crippen molar-refractivity contribution in [3.05, 3.63) is 18.7 Å². The molecule has 94 valence electrons. The van der Waals surface area contributed by atoms with E-state index in [1.54, 1.807) is 0 Å². The largest absolute Gasteiger partial charge is 0.336 e. The number of piperidine rings is 1. The number of imidazole rings is 1. The zero-order chi connectivity index (χ0) is 11.7. The summed E-state index contributed by atoms with van der Waals surface area (Å²) < 4.78 is 2.14. The van der Waals surface area contributed by atoms with Crippen LogP contribution in [0.4, 0.5) is 0 Å². The molecule has 2 unspecified atom stereocenters. The van der Waals surface area contributed by atoms with E-state index in [0.717, 1.165) is 31.2 Å². The molecule has 2 fully saturated rings. The van der Waals surface area contributed by atoms with Crippen LogP contribution in [0.25, 0.3) is 0 Å². The number of hydrogen-bond donors (Lipinski definition) is 1. The maximum atomic E-state index is 4.06. The summed E-state index contributed by atoms with van der Waals surface area (Å²) in [7, 11) is 2.30. The zero-order valence-electron chi connectivity index (χ0n) is 10.5. The molecule has 0 saturated carbocycles. The Morgan fingerprint density at radius 2 is 2.06 bits per heavy atom. The molecule has 0 radical (unpaired) electrons. The van der Waals surface area contributed by atoms with Crippen LogP contribution in [-0.4, -0.2) is 46.2 Å². The van der Waals surface area contributed by atoms with Gasteiger partial charge in [0.25, 0.3) is 0 Å². The molecule has 3 heterocycles. The Kier molecular flexibility index (Phi) is 3.16. The summed E-state index contributed by atoms with van der Waals surface area (Å²) in [5, 5.41) is 3.71. The van der Waals surface area contributed by atoms with Gasteiger partial charge in [0.2, 0.25) is 0 Å². The minimum Gasteiger partial charge on any atom is -0.336 e. The van der Waals surface area contributed by atoms with Crippen molar-refractivity contribution in [3.63, 3.8) is 0 Å². The Morgan fingerprint density at radius 3 is 2.71 bits per heavy atom. The fraction of sp³-hybridized carbons (Fsp3) is 0.769. The summed E-state index contributed by atoms with van der Waals surface area (Å²) in [6, 6.07) is 2.39. The van der Waals surface area contributed by atoms with E-state index in [1.165, 1.54) is 25.7 Å². The summed E-state index contributed by atoms with van der Waals surface area (Å²) in [4.78, 5) is 6.65. The van der Waals surface area contributed by atoms with Gasteiger partial charge in [0.05, 0.1) is 6.33 Å². The Labute approximate surface area is 103 Å². The van der Waals surface area contributed by atoms with E-state index in [4.69, 9.17) is 0 Å². The molecule has 2 bridgehead atoms. The second kappa shape index (κ2) is 4.78. The quantitative estimate of drug-likeness (QED) is 0.847. The van der Waals surface area contributed by atoms with Gasteiger partial charge < -0.3 is 14.8 Å². The third-order valence-electron chi connectivity index (χ3n) is 4.46. The molecule has 3 rings (SSSR count). The van der Waals surface area contributed by atoms with E-state index >= 15 is 0 Å². The minimum absolute atomic E-state index is 0.729. The number of nitrogens with one attached hydrogen (secondary N) is 1. The molecule has 4 heteroatoms. The Hall–Kier alpha value is -0.870. The van der Waals surface area contributed by atoms with Gasteiger partial charge in [0, 0.05) is 43.6 Å². The first-order valence-electron chi connectivity index (χ1n) is 6.74. The van der Waals surface area contributed by atoms with E-state index in [0.29, 0.717) is 0 Å². The van der Waals surface area contributed by atoms with Crippen LogP contribution in [0.15, 0.2) is 18.7 Å². The van der Waals surface area contributed by atoms with Crippen molar-refractivity contribution < 1.29 is 0 Å². The van der Waals surface area contributed by atoms with Gasteiger partial charge in [0.15, 0.2) is 0 Å². The third-order valence-corrected chi connectivity index (χ3v) is 4.46. The number of aromatic nitrogens is 2. The van der Waals surface area contributed by atoms with E-state index in [1.807, 2.05) is 18.7 Å². The fourth-order valence-electron chi connectivity index (χ4n) is 3.39. The standard InChI is InChI=1S/C13H22N4/c1-16-12-2-3-13(16)9-11(8-12)15-5-7-17-6-4-14-10-17/h4,6,10-13,15H,2-3,5,7-9H2,1H3. The Balaban J connectivity index is 1.44. The van der Waals surface area contributed by atoms with Crippen molar-refractivity contribution in [1.29, 1.82) is 0 Å². The van der Waals surface area contributed by atoms with Crippen LogP contribution in [-0.2, 0) is 6.54 Å². The normalized spacial score (nSPS) is 33.1. The lowest BCUT2D eigenvalue weighted by molar-refractivity contribution is 0.148. The summed E-state index contributed by atoms with van der Waals surface area (Å²) in [5.74, 6) is 0. The molecule has 17 heavy (non-hydrogen) atoms. The maximum Gasteiger partial charge on any atom is 0.0946 e. The van der Waals surface area contributed by atoms with E-state index in [-0.39, 0.29) is 0 Å². The van der Waals surface area contributed by atoms with Gasteiger partial charge in [-0.1, -0.05) is 0 Å². The van der Waals surface area contributed by atoms with Crippen molar-refractivity contribution in [2.45, 2.75) is 50.4 Å². The molecule has 4 nitrogen and oxygen atoms in total. The lowest BCUT2D eigenvalue weighted by atomic mass is 9.98. The van der Waals surface area contributed by atoms with Crippen molar-refractivity contribution in [3.8, 4) is 0 Å². The second-order valence-electron chi connectivity index (χ2n) is 5.47. The minimum atomic E-state index is 0.729. The highest BCUT2D eigenvalue weighted by Crippen LogP contribution is 2.33. The number of fused-ring (bicyclic) bond motifs is 2. The first-order valence-corrected chi connectivity index (χ1v) is 6.74. The molecular formula is C13H22N4. The highest BCUT2D eigenvalue weighted by molar-refractivity contribution is 4.95. The van der Waals surface area contributed by atoms with Crippen LogP contribution in [0.5, 0.6) is 0 Å². The van der Waals surface area contributed by atoms with Crippen LogP contribution in [0, 0.1) is 0 Å². The molecule has 0 aliphatic carbocycles.